The van der Waals surface area contributed by atoms with E-state index in [0.29, 0.717) is 5.57 Å². The topological polar surface area (TPSA) is 52.9 Å². The number of hydrogen-bond donors (Lipinski definition) is 1. The van der Waals surface area contributed by atoms with Gasteiger partial charge in [0.05, 0.1) is 6.07 Å². The Morgan fingerprint density at radius 1 is 1.05 bits per heavy atom. The van der Waals surface area contributed by atoms with Gasteiger partial charge in [0.1, 0.15) is 6.54 Å². The lowest BCUT2D eigenvalue weighted by atomic mass is 10.0. The van der Waals surface area contributed by atoms with Crippen LogP contribution in [0, 0.1) is 11.3 Å². The molecule has 0 aromatic heterocycles. The number of nitrogens with zero attached hydrogens (tertiary/aromatic N) is 1. The van der Waals surface area contributed by atoms with Crippen molar-refractivity contribution >= 4 is 17.6 Å². The molecule has 2 aromatic carbocycles. The molecule has 3 heteroatoms. The Morgan fingerprint density at radius 2 is 1.65 bits per heavy atom. The molecule has 0 heterocycles. The van der Waals surface area contributed by atoms with Crippen molar-refractivity contribution in [2.24, 2.45) is 0 Å². The van der Waals surface area contributed by atoms with Gasteiger partial charge in [-0.3, -0.25) is 4.79 Å². The van der Waals surface area contributed by atoms with Crippen LogP contribution in [0.2, 0.25) is 0 Å². The lowest BCUT2D eigenvalue weighted by molar-refractivity contribution is -0.115. The Kier molecular flexibility index (Phi) is 4.69. The predicted octanol–water partition coefficient (Wildman–Crippen LogP) is 2.87. The first-order valence-corrected chi connectivity index (χ1v) is 6.28. The number of hydrogen-bond acceptors (Lipinski definition) is 2. The van der Waals surface area contributed by atoms with Crippen molar-refractivity contribution < 1.29 is 4.79 Å². The number of rotatable bonds is 4. The summed E-state index contributed by atoms with van der Waals surface area (Å²) in [6.07, 6.45) is 1.82. The van der Waals surface area contributed by atoms with E-state index >= 15 is 0 Å². The van der Waals surface area contributed by atoms with Gasteiger partial charge in [0.2, 0.25) is 0 Å². The molecule has 98 valence electrons. The monoisotopic (exact) mass is 262 g/mol. The van der Waals surface area contributed by atoms with E-state index in [2.05, 4.69) is 5.32 Å². The summed E-state index contributed by atoms with van der Waals surface area (Å²) < 4.78 is 0. The number of benzene rings is 2. The molecule has 0 aliphatic carbocycles. The second-order valence-electron chi connectivity index (χ2n) is 4.18. The fourth-order valence-electron chi connectivity index (χ4n) is 1.83. The van der Waals surface area contributed by atoms with Crippen molar-refractivity contribution in [3.63, 3.8) is 0 Å². The van der Waals surface area contributed by atoms with Gasteiger partial charge in [-0.2, -0.15) is 5.26 Å². The molecule has 0 spiro atoms. The molecule has 2 aromatic rings. The first-order chi connectivity index (χ1) is 9.81. The number of carbonyl (C=O) groups is 1. The Labute approximate surface area is 118 Å². The number of carbonyl (C=O) groups excluding carboxylic acids is 1. The van der Waals surface area contributed by atoms with Crippen molar-refractivity contribution in [2.75, 3.05) is 6.54 Å². The first kappa shape index (κ1) is 13.6. The molecule has 0 bridgehead atoms. The number of amides is 1. The molecule has 0 radical (unpaired) electrons. The van der Waals surface area contributed by atoms with E-state index in [-0.39, 0.29) is 12.5 Å². The largest absolute Gasteiger partial charge is 0.339 e. The molecule has 20 heavy (non-hydrogen) atoms. The summed E-state index contributed by atoms with van der Waals surface area (Å²) in [6, 6.07) is 20.9. The molecule has 0 atom stereocenters. The number of nitriles is 1. The van der Waals surface area contributed by atoms with Crippen LogP contribution in [-0.2, 0) is 4.79 Å². The molecule has 0 aliphatic rings. The summed E-state index contributed by atoms with van der Waals surface area (Å²) >= 11 is 0. The van der Waals surface area contributed by atoms with E-state index < -0.39 is 0 Å². The van der Waals surface area contributed by atoms with Crippen LogP contribution in [0.4, 0.5) is 0 Å². The van der Waals surface area contributed by atoms with Gasteiger partial charge in [-0.05, 0) is 17.2 Å². The third-order valence-corrected chi connectivity index (χ3v) is 2.77. The Hall–Kier alpha value is -2.86. The molecule has 0 aliphatic heterocycles. The molecule has 0 saturated heterocycles. The maximum Gasteiger partial charge on any atom is 0.252 e. The van der Waals surface area contributed by atoms with Crippen LogP contribution < -0.4 is 5.32 Å². The summed E-state index contributed by atoms with van der Waals surface area (Å²) in [7, 11) is 0. The van der Waals surface area contributed by atoms with Crippen molar-refractivity contribution in [2.45, 2.75) is 0 Å². The van der Waals surface area contributed by atoms with Crippen LogP contribution in [-0.4, -0.2) is 12.5 Å². The van der Waals surface area contributed by atoms with Gasteiger partial charge in [0.15, 0.2) is 0 Å². The summed E-state index contributed by atoms with van der Waals surface area (Å²) in [5, 5.41) is 11.2. The summed E-state index contributed by atoms with van der Waals surface area (Å²) in [4.78, 5) is 12.2. The molecular formula is C17H14N2O. The minimum Gasteiger partial charge on any atom is -0.339 e. The Bertz CT molecular complexity index is 640. The van der Waals surface area contributed by atoms with Gasteiger partial charge >= 0.3 is 0 Å². The fourth-order valence-corrected chi connectivity index (χ4v) is 1.83. The van der Waals surface area contributed by atoms with Crippen molar-refractivity contribution in [1.82, 2.24) is 5.32 Å². The average Bonchev–Trinajstić information content (AvgIpc) is 2.52. The fraction of sp³-hybridized carbons (Fsp3) is 0.0588. The van der Waals surface area contributed by atoms with Gasteiger partial charge in [-0.15, -0.1) is 0 Å². The zero-order valence-electron chi connectivity index (χ0n) is 10.9. The molecule has 0 unspecified atom stereocenters. The standard InChI is InChI=1S/C17H14N2O/c18-11-12-19-17(20)16(15-9-5-2-6-10-15)13-14-7-3-1-4-8-14/h1-10,13H,12H2,(H,19,20). The van der Waals surface area contributed by atoms with Crippen LogP contribution >= 0.6 is 0 Å². The molecule has 2 rings (SSSR count). The quantitative estimate of drug-likeness (QED) is 0.523. The smallest absolute Gasteiger partial charge is 0.252 e. The van der Waals surface area contributed by atoms with E-state index in [1.807, 2.05) is 72.8 Å². The maximum absolute atomic E-state index is 12.2. The highest BCUT2D eigenvalue weighted by Gasteiger charge is 2.11. The van der Waals surface area contributed by atoms with Gasteiger partial charge in [-0.1, -0.05) is 60.7 Å². The van der Waals surface area contributed by atoms with E-state index in [1.54, 1.807) is 0 Å². The SMILES string of the molecule is N#CCNC(=O)C(=Cc1ccccc1)c1ccccc1. The highest BCUT2D eigenvalue weighted by Crippen LogP contribution is 2.18. The predicted molar refractivity (Wildman–Crippen MR) is 79.4 cm³/mol. The molecule has 0 saturated carbocycles. The summed E-state index contributed by atoms with van der Waals surface area (Å²) in [5.74, 6) is -0.249. The zero-order chi connectivity index (χ0) is 14.2. The molecule has 3 nitrogen and oxygen atoms in total. The van der Waals surface area contributed by atoms with Crippen LogP contribution in [0.5, 0.6) is 0 Å². The lowest BCUT2D eigenvalue weighted by Gasteiger charge is -2.07. The van der Waals surface area contributed by atoms with Crippen molar-refractivity contribution in [3.05, 3.63) is 71.8 Å². The van der Waals surface area contributed by atoms with Crippen LogP contribution in [0.25, 0.3) is 11.6 Å². The lowest BCUT2D eigenvalue weighted by Crippen LogP contribution is -2.24. The first-order valence-electron chi connectivity index (χ1n) is 6.28. The van der Waals surface area contributed by atoms with Crippen LogP contribution in [0.15, 0.2) is 60.7 Å². The minimum absolute atomic E-state index is 0.00219. The van der Waals surface area contributed by atoms with Gasteiger partial charge in [0.25, 0.3) is 5.91 Å². The second kappa shape index (κ2) is 6.91. The molecule has 0 fully saturated rings. The second-order valence-corrected chi connectivity index (χ2v) is 4.18. The number of nitrogens with one attached hydrogen (secondary N) is 1. The average molecular weight is 262 g/mol. The normalized spacial score (nSPS) is 10.7. The maximum atomic E-state index is 12.2. The summed E-state index contributed by atoms with van der Waals surface area (Å²) in [5.41, 5.74) is 2.32. The van der Waals surface area contributed by atoms with Gasteiger partial charge in [-0.25, -0.2) is 0 Å². The van der Waals surface area contributed by atoms with Crippen molar-refractivity contribution in [1.29, 1.82) is 5.26 Å². The highest BCUT2D eigenvalue weighted by molar-refractivity contribution is 6.24. The summed E-state index contributed by atoms with van der Waals surface area (Å²) in [6.45, 7) is -0.00219. The third-order valence-electron chi connectivity index (χ3n) is 2.77. The van der Waals surface area contributed by atoms with Crippen LogP contribution in [0.3, 0.4) is 0 Å². The van der Waals surface area contributed by atoms with Gasteiger partial charge in [0, 0.05) is 5.57 Å². The van der Waals surface area contributed by atoms with E-state index in [9.17, 15) is 4.79 Å². The highest BCUT2D eigenvalue weighted by atomic mass is 16.1. The van der Waals surface area contributed by atoms with Crippen molar-refractivity contribution in [3.8, 4) is 6.07 Å². The Balaban J connectivity index is 2.37. The Morgan fingerprint density at radius 3 is 2.25 bits per heavy atom. The zero-order valence-corrected chi connectivity index (χ0v) is 10.9. The minimum atomic E-state index is -0.249. The van der Waals surface area contributed by atoms with Crippen LogP contribution in [0.1, 0.15) is 11.1 Å². The molecule has 1 amide bonds. The van der Waals surface area contributed by atoms with E-state index in [1.165, 1.54) is 0 Å². The van der Waals surface area contributed by atoms with E-state index in [0.717, 1.165) is 11.1 Å². The molecular weight excluding hydrogens is 248 g/mol. The molecule has 1 N–H and O–H groups in total. The third kappa shape index (κ3) is 3.56. The van der Waals surface area contributed by atoms with E-state index in [4.69, 9.17) is 5.26 Å². The van der Waals surface area contributed by atoms with Gasteiger partial charge < -0.3 is 5.32 Å².